The number of aliphatic hydroxyl groups excluding tert-OH is 1. The molecule has 0 amide bonds. The molecule has 0 saturated heterocycles. The maximum absolute atomic E-state index is 11.8. The Hall–Kier alpha value is -1.22. The third-order valence-corrected chi connectivity index (χ3v) is 5.59. The molecule has 34 heavy (non-hydrogen) atoms. The van der Waals surface area contributed by atoms with E-state index in [0.717, 1.165) is 19.3 Å². The van der Waals surface area contributed by atoms with Crippen LogP contribution in [-0.2, 0) is 23.8 Å². The fraction of sp³-hybridized carbons (Fsp3) is 0.923. The molecular weight excluding hydrogens is 438 g/mol. The highest BCUT2D eigenvalue weighted by atomic mass is 16.7. The van der Waals surface area contributed by atoms with Crippen LogP contribution in [0.1, 0.15) is 96.8 Å². The average Bonchev–Trinajstić information content (AvgIpc) is 2.76. The summed E-state index contributed by atoms with van der Waals surface area (Å²) >= 11 is 0. The van der Waals surface area contributed by atoms with Crippen LogP contribution in [0.3, 0.4) is 0 Å². The lowest BCUT2D eigenvalue weighted by atomic mass is 10.0. The average molecular weight is 491 g/mol. The summed E-state index contributed by atoms with van der Waals surface area (Å²) in [5, 5.41) is 19.1. The van der Waals surface area contributed by atoms with Crippen molar-refractivity contribution in [1.82, 2.24) is 0 Å². The van der Waals surface area contributed by atoms with Gasteiger partial charge in [-0.2, -0.15) is 0 Å². The van der Waals surface area contributed by atoms with Crippen LogP contribution >= 0.6 is 0 Å². The van der Waals surface area contributed by atoms with E-state index in [0.29, 0.717) is 17.4 Å². The number of quaternary nitrogens is 1. The maximum atomic E-state index is 11.8. The predicted octanol–water partition coefficient (Wildman–Crippen LogP) is 4.52. The molecule has 2 atom stereocenters. The van der Waals surface area contributed by atoms with E-state index in [1.54, 1.807) is 0 Å². The molecule has 0 heterocycles. The Morgan fingerprint density at radius 3 is 1.74 bits per heavy atom. The fourth-order valence-corrected chi connectivity index (χ4v) is 3.42. The SMILES string of the molecule is CCCCCCCCCCCCCCCC(=O)OCC(O)COC(OCC[N+](C)(C)C)C(=O)O. The molecule has 0 saturated carbocycles. The van der Waals surface area contributed by atoms with Crippen molar-refractivity contribution in [3.63, 3.8) is 0 Å². The van der Waals surface area contributed by atoms with Crippen LogP contribution < -0.4 is 0 Å². The number of esters is 1. The quantitative estimate of drug-likeness (QED) is 0.0887. The van der Waals surface area contributed by atoms with Crippen molar-refractivity contribution in [2.75, 3.05) is 47.5 Å². The number of aliphatic hydroxyl groups is 1. The molecule has 8 nitrogen and oxygen atoms in total. The van der Waals surface area contributed by atoms with Gasteiger partial charge in [-0.3, -0.25) is 4.79 Å². The van der Waals surface area contributed by atoms with Crippen LogP contribution in [0, 0.1) is 0 Å². The first-order chi connectivity index (χ1) is 16.2. The molecule has 0 aliphatic carbocycles. The van der Waals surface area contributed by atoms with Gasteiger partial charge in [-0.05, 0) is 6.42 Å². The summed E-state index contributed by atoms with van der Waals surface area (Å²) in [5.74, 6) is -1.61. The van der Waals surface area contributed by atoms with E-state index in [-0.39, 0.29) is 25.8 Å². The molecule has 0 aromatic rings. The Morgan fingerprint density at radius 2 is 1.26 bits per heavy atom. The monoisotopic (exact) mass is 490 g/mol. The lowest BCUT2D eigenvalue weighted by Crippen LogP contribution is -2.40. The van der Waals surface area contributed by atoms with Gasteiger partial charge in [0.25, 0.3) is 6.29 Å². The second kappa shape index (κ2) is 21.1. The van der Waals surface area contributed by atoms with E-state index < -0.39 is 18.4 Å². The highest BCUT2D eigenvalue weighted by Gasteiger charge is 2.22. The van der Waals surface area contributed by atoms with E-state index in [9.17, 15) is 14.7 Å². The minimum atomic E-state index is -1.46. The topological polar surface area (TPSA) is 102 Å². The first-order valence-electron chi connectivity index (χ1n) is 13.3. The first kappa shape index (κ1) is 32.8. The van der Waals surface area contributed by atoms with Gasteiger partial charge >= 0.3 is 11.9 Å². The van der Waals surface area contributed by atoms with Gasteiger partial charge in [0.2, 0.25) is 0 Å². The van der Waals surface area contributed by atoms with Gasteiger partial charge in [-0.15, -0.1) is 0 Å². The number of carbonyl (C=O) groups is 2. The zero-order valence-electron chi connectivity index (χ0n) is 22.3. The molecule has 0 radical (unpaired) electrons. The van der Waals surface area contributed by atoms with Gasteiger partial charge in [-0.25, -0.2) is 4.79 Å². The first-order valence-corrected chi connectivity index (χ1v) is 13.3. The van der Waals surface area contributed by atoms with Crippen molar-refractivity contribution in [2.24, 2.45) is 0 Å². The van der Waals surface area contributed by atoms with Crippen LogP contribution in [0.4, 0.5) is 0 Å². The smallest absolute Gasteiger partial charge is 0.361 e. The van der Waals surface area contributed by atoms with E-state index in [1.807, 2.05) is 21.1 Å². The van der Waals surface area contributed by atoms with E-state index in [2.05, 4.69) is 6.92 Å². The summed E-state index contributed by atoms with van der Waals surface area (Å²) in [4.78, 5) is 23.1. The number of aliphatic carboxylic acids is 1. The molecule has 0 aromatic heterocycles. The molecule has 2 unspecified atom stereocenters. The number of carbonyl (C=O) groups excluding carboxylic acids is 1. The molecule has 0 aliphatic rings. The Balaban J connectivity index is 3.66. The van der Waals surface area contributed by atoms with Gasteiger partial charge in [0.15, 0.2) is 0 Å². The van der Waals surface area contributed by atoms with Gasteiger partial charge in [0.05, 0.1) is 34.4 Å². The third-order valence-electron chi connectivity index (χ3n) is 5.59. The van der Waals surface area contributed by atoms with Crippen molar-refractivity contribution < 1.29 is 38.5 Å². The van der Waals surface area contributed by atoms with Crippen molar-refractivity contribution in [3.05, 3.63) is 0 Å². The van der Waals surface area contributed by atoms with Crippen LogP contribution in [-0.4, -0.2) is 86.5 Å². The zero-order valence-corrected chi connectivity index (χ0v) is 22.3. The predicted molar refractivity (Wildman–Crippen MR) is 134 cm³/mol. The number of carboxylic acid groups (broad SMARTS) is 1. The molecule has 0 bridgehead atoms. The van der Waals surface area contributed by atoms with Crippen molar-refractivity contribution in [2.45, 2.75) is 109 Å². The number of hydrogen-bond donors (Lipinski definition) is 2. The normalized spacial score (nSPS) is 13.6. The maximum Gasteiger partial charge on any atom is 0.361 e. The summed E-state index contributed by atoms with van der Waals surface area (Å²) < 4.78 is 16.1. The van der Waals surface area contributed by atoms with Gasteiger partial charge in [0, 0.05) is 6.42 Å². The minimum absolute atomic E-state index is 0.213. The highest BCUT2D eigenvalue weighted by molar-refractivity contribution is 5.70. The summed E-state index contributed by atoms with van der Waals surface area (Å²) in [6, 6.07) is 0. The van der Waals surface area contributed by atoms with Crippen molar-refractivity contribution >= 4 is 11.9 Å². The van der Waals surface area contributed by atoms with E-state index in [4.69, 9.17) is 19.3 Å². The molecule has 0 aliphatic heterocycles. The van der Waals surface area contributed by atoms with Crippen LogP contribution in [0.15, 0.2) is 0 Å². The molecule has 0 spiro atoms. The third kappa shape index (κ3) is 22.6. The lowest BCUT2D eigenvalue weighted by Gasteiger charge is -2.24. The summed E-state index contributed by atoms with van der Waals surface area (Å²) in [6.07, 6.45) is 14.0. The largest absolute Gasteiger partial charge is 0.477 e. The van der Waals surface area contributed by atoms with Crippen molar-refractivity contribution in [3.8, 4) is 0 Å². The van der Waals surface area contributed by atoms with Crippen LogP contribution in [0.2, 0.25) is 0 Å². The Morgan fingerprint density at radius 1 is 0.765 bits per heavy atom. The van der Waals surface area contributed by atoms with Crippen LogP contribution in [0.5, 0.6) is 0 Å². The number of nitrogens with zero attached hydrogens (tertiary/aromatic N) is 1. The number of likely N-dealkylation sites (N-methyl/N-ethyl adjacent to an activating group) is 1. The van der Waals surface area contributed by atoms with E-state index >= 15 is 0 Å². The summed E-state index contributed by atoms with van der Waals surface area (Å²) in [5.41, 5.74) is 0. The number of rotatable bonds is 24. The van der Waals surface area contributed by atoms with Crippen molar-refractivity contribution in [1.29, 1.82) is 0 Å². The van der Waals surface area contributed by atoms with Gasteiger partial charge in [-0.1, -0.05) is 84.0 Å². The molecule has 0 rings (SSSR count). The molecule has 202 valence electrons. The zero-order chi connectivity index (χ0) is 25.7. The number of ether oxygens (including phenoxy) is 3. The van der Waals surface area contributed by atoms with E-state index in [1.165, 1.54) is 64.2 Å². The molecule has 2 N–H and O–H groups in total. The number of hydrogen-bond acceptors (Lipinski definition) is 6. The molecule has 0 aromatic carbocycles. The Bertz CT molecular complexity index is 508. The lowest BCUT2D eigenvalue weighted by molar-refractivity contribution is -0.870. The minimum Gasteiger partial charge on any atom is -0.477 e. The number of unbranched alkanes of at least 4 members (excludes halogenated alkanes) is 12. The second-order valence-electron chi connectivity index (χ2n) is 10.2. The summed E-state index contributed by atoms with van der Waals surface area (Å²) in [7, 11) is 5.91. The fourth-order valence-electron chi connectivity index (χ4n) is 3.42. The second-order valence-corrected chi connectivity index (χ2v) is 10.2. The highest BCUT2D eigenvalue weighted by Crippen LogP contribution is 2.13. The molecule has 8 heteroatoms. The molecular formula is C26H52NO7+. The Labute approximate surface area is 207 Å². The summed E-state index contributed by atoms with van der Waals surface area (Å²) in [6.45, 7) is 2.57. The van der Waals surface area contributed by atoms with Crippen LogP contribution in [0.25, 0.3) is 0 Å². The standard InChI is InChI=1S/C26H51NO7/c1-5-6-7-8-9-10-11-12-13-14-15-16-17-18-24(29)33-21-23(28)22-34-26(25(30)31)32-20-19-27(2,3)4/h23,26,28H,5-22H2,1-4H3/p+1. The van der Waals surface area contributed by atoms with Gasteiger partial charge < -0.3 is 28.9 Å². The number of carboxylic acids is 1. The van der Waals surface area contributed by atoms with Gasteiger partial charge in [0.1, 0.15) is 19.3 Å². The Kier molecular flexibility index (Phi) is 20.3. The molecule has 0 fully saturated rings.